The van der Waals surface area contributed by atoms with Gasteiger partial charge >= 0.3 is 0 Å². The van der Waals surface area contributed by atoms with Gasteiger partial charge in [-0.05, 0) is 25.1 Å². The molecule has 0 aliphatic heterocycles. The fraction of sp³-hybridized carbons (Fsp3) is 0.214. The number of nitrogens with two attached hydrogens (primary N) is 1. The minimum atomic E-state index is 0.668. The van der Waals surface area contributed by atoms with Gasteiger partial charge in [-0.1, -0.05) is 15.9 Å². The summed E-state index contributed by atoms with van der Waals surface area (Å²) in [7, 11) is 3.93. The molecule has 0 amide bonds. The molecule has 0 fully saturated rings. The van der Waals surface area contributed by atoms with Crippen molar-refractivity contribution >= 4 is 32.7 Å². The van der Waals surface area contributed by atoms with E-state index in [1.807, 2.05) is 13.1 Å². The molecule has 0 aliphatic rings. The van der Waals surface area contributed by atoms with E-state index >= 15 is 0 Å². The second kappa shape index (κ2) is 4.13. The summed E-state index contributed by atoms with van der Waals surface area (Å²) < 4.78 is 4.95. The minimum Gasteiger partial charge on any atom is -0.384 e. The van der Waals surface area contributed by atoms with Crippen molar-refractivity contribution in [2.75, 3.05) is 5.73 Å². The zero-order valence-corrected chi connectivity index (χ0v) is 12.7. The highest BCUT2D eigenvalue weighted by atomic mass is 79.9. The third-order valence-electron chi connectivity index (χ3n) is 3.63. The summed E-state index contributed by atoms with van der Waals surface area (Å²) in [6.07, 6.45) is 0. The Hall–Kier alpha value is -1.75. The predicted octanol–water partition coefficient (Wildman–Crippen LogP) is 3.23. The number of aryl methyl sites for hydroxylation is 2. The molecule has 0 unspecified atom stereocenters. The van der Waals surface area contributed by atoms with Gasteiger partial charge in [-0.15, -0.1) is 0 Å². The van der Waals surface area contributed by atoms with Crippen LogP contribution in [0.25, 0.3) is 22.2 Å². The van der Waals surface area contributed by atoms with Gasteiger partial charge in [0, 0.05) is 46.8 Å². The molecular weight excluding hydrogens is 304 g/mol. The second-order valence-electron chi connectivity index (χ2n) is 4.76. The normalized spacial score (nSPS) is 11.4. The SMILES string of the molecule is Cc1c(-c2cc(N)n(C)n2)c2cc(Br)ccc2n1C. The van der Waals surface area contributed by atoms with E-state index < -0.39 is 0 Å². The van der Waals surface area contributed by atoms with Crippen LogP contribution in [0.5, 0.6) is 0 Å². The molecule has 0 saturated heterocycles. The summed E-state index contributed by atoms with van der Waals surface area (Å²) in [6, 6.07) is 8.21. The lowest BCUT2D eigenvalue weighted by molar-refractivity contribution is 0.782. The van der Waals surface area contributed by atoms with Gasteiger partial charge in [0.1, 0.15) is 5.82 Å². The summed E-state index contributed by atoms with van der Waals surface area (Å²) in [5, 5.41) is 5.68. The van der Waals surface area contributed by atoms with E-state index in [-0.39, 0.29) is 0 Å². The molecule has 2 N–H and O–H groups in total. The number of benzene rings is 1. The lowest BCUT2D eigenvalue weighted by atomic mass is 10.1. The molecule has 0 atom stereocenters. The molecule has 0 radical (unpaired) electrons. The fourth-order valence-electron chi connectivity index (χ4n) is 2.47. The van der Waals surface area contributed by atoms with Crippen molar-refractivity contribution < 1.29 is 0 Å². The van der Waals surface area contributed by atoms with E-state index in [0.717, 1.165) is 15.7 Å². The number of anilines is 1. The van der Waals surface area contributed by atoms with Crippen molar-refractivity contribution in [3.63, 3.8) is 0 Å². The number of hydrogen-bond donors (Lipinski definition) is 1. The first kappa shape index (κ1) is 12.3. The molecule has 2 heterocycles. The maximum Gasteiger partial charge on any atom is 0.121 e. The van der Waals surface area contributed by atoms with Gasteiger partial charge in [-0.2, -0.15) is 5.10 Å². The molecule has 19 heavy (non-hydrogen) atoms. The molecule has 4 nitrogen and oxygen atoms in total. The zero-order chi connectivity index (χ0) is 13.7. The maximum absolute atomic E-state index is 5.89. The first-order valence-corrected chi connectivity index (χ1v) is 6.82. The monoisotopic (exact) mass is 318 g/mol. The number of halogens is 1. The van der Waals surface area contributed by atoms with Crippen LogP contribution in [-0.4, -0.2) is 14.3 Å². The third-order valence-corrected chi connectivity index (χ3v) is 4.12. The van der Waals surface area contributed by atoms with Crippen molar-refractivity contribution in [1.82, 2.24) is 14.3 Å². The van der Waals surface area contributed by atoms with Crippen LogP contribution >= 0.6 is 15.9 Å². The second-order valence-corrected chi connectivity index (χ2v) is 5.67. The highest BCUT2D eigenvalue weighted by molar-refractivity contribution is 9.10. The third kappa shape index (κ3) is 1.76. The van der Waals surface area contributed by atoms with E-state index in [0.29, 0.717) is 5.82 Å². The average Bonchev–Trinajstić information content (AvgIpc) is 2.79. The van der Waals surface area contributed by atoms with E-state index in [1.54, 1.807) is 4.68 Å². The lowest BCUT2D eigenvalue weighted by Gasteiger charge is -1.98. The van der Waals surface area contributed by atoms with Crippen LogP contribution in [0, 0.1) is 6.92 Å². The molecule has 0 aliphatic carbocycles. The van der Waals surface area contributed by atoms with Gasteiger partial charge in [0.2, 0.25) is 0 Å². The summed E-state index contributed by atoms with van der Waals surface area (Å²) in [4.78, 5) is 0. The van der Waals surface area contributed by atoms with Gasteiger partial charge < -0.3 is 10.3 Å². The van der Waals surface area contributed by atoms with Crippen molar-refractivity contribution in [3.05, 3.63) is 34.4 Å². The largest absolute Gasteiger partial charge is 0.384 e. The number of hydrogen-bond acceptors (Lipinski definition) is 2. The summed E-state index contributed by atoms with van der Waals surface area (Å²) in [6.45, 7) is 2.11. The van der Waals surface area contributed by atoms with Crippen LogP contribution in [-0.2, 0) is 14.1 Å². The van der Waals surface area contributed by atoms with Gasteiger partial charge in [0.15, 0.2) is 0 Å². The average molecular weight is 319 g/mol. The van der Waals surface area contributed by atoms with Crippen LogP contribution in [0.4, 0.5) is 5.82 Å². The van der Waals surface area contributed by atoms with Crippen molar-refractivity contribution in [2.24, 2.45) is 14.1 Å². The molecule has 5 heteroatoms. The van der Waals surface area contributed by atoms with E-state index in [4.69, 9.17) is 5.73 Å². The Bertz CT molecular complexity index is 763. The molecule has 2 aromatic heterocycles. The summed E-state index contributed by atoms with van der Waals surface area (Å²) in [5.41, 5.74) is 10.3. The first-order chi connectivity index (χ1) is 8.99. The van der Waals surface area contributed by atoms with E-state index in [9.17, 15) is 0 Å². The highest BCUT2D eigenvalue weighted by Gasteiger charge is 2.16. The topological polar surface area (TPSA) is 48.8 Å². The highest BCUT2D eigenvalue weighted by Crippen LogP contribution is 2.35. The Morgan fingerprint density at radius 1 is 1.21 bits per heavy atom. The predicted molar refractivity (Wildman–Crippen MR) is 82.0 cm³/mol. The molecular formula is C14H15BrN4. The maximum atomic E-state index is 5.89. The number of rotatable bonds is 1. The fourth-order valence-corrected chi connectivity index (χ4v) is 2.83. The molecule has 0 spiro atoms. The van der Waals surface area contributed by atoms with E-state index in [2.05, 4.69) is 57.8 Å². The van der Waals surface area contributed by atoms with E-state index in [1.165, 1.54) is 16.6 Å². The summed E-state index contributed by atoms with van der Waals surface area (Å²) >= 11 is 3.53. The zero-order valence-electron chi connectivity index (χ0n) is 11.1. The van der Waals surface area contributed by atoms with Crippen LogP contribution in [0.1, 0.15) is 5.69 Å². The molecule has 0 saturated carbocycles. The summed E-state index contributed by atoms with van der Waals surface area (Å²) in [5.74, 6) is 0.668. The Kier molecular flexibility index (Phi) is 2.67. The Labute approximate surface area is 119 Å². The van der Waals surface area contributed by atoms with Crippen LogP contribution in [0.3, 0.4) is 0 Å². The molecule has 1 aromatic carbocycles. The number of nitrogen functional groups attached to an aromatic ring is 1. The van der Waals surface area contributed by atoms with Crippen LogP contribution < -0.4 is 5.73 Å². The smallest absolute Gasteiger partial charge is 0.121 e. The van der Waals surface area contributed by atoms with Crippen LogP contribution in [0.2, 0.25) is 0 Å². The number of fused-ring (bicyclic) bond motifs is 1. The Morgan fingerprint density at radius 2 is 1.95 bits per heavy atom. The molecule has 0 bridgehead atoms. The quantitative estimate of drug-likeness (QED) is 0.748. The van der Waals surface area contributed by atoms with Gasteiger partial charge in [0.05, 0.1) is 5.69 Å². The molecule has 98 valence electrons. The van der Waals surface area contributed by atoms with Crippen LogP contribution in [0.15, 0.2) is 28.7 Å². The number of aromatic nitrogens is 3. The van der Waals surface area contributed by atoms with Gasteiger partial charge in [-0.3, -0.25) is 4.68 Å². The first-order valence-electron chi connectivity index (χ1n) is 6.03. The molecule has 3 aromatic rings. The Morgan fingerprint density at radius 3 is 2.58 bits per heavy atom. The standard InChI is InChI=1S/C14H15BrN4/c1-8-14(11-7-13(16)19(3)17-11)10-6-9(15)4-5-12(10)18(8)2/h4-7H,16H2,1-3H3. The van der Waals surface area contributed by atoms with Crippen molar-refractivity contribution in [3.8, 4) is 11.3 Å². The Balaban J connectivity index is 2.39. The van der Waals surface area contributed by atoms with Gasteiger partial charge in [0.25, 0.3) is 0 Å². The minimum absolute atomic E-state index is 0.668. The van der Waals surface area contributed by atoms with Crippen molar-refractivity contribution in [1.29, 1.82) is 0 Å². The lowest BCUT2D eigenvalue weighted by Crippen LogP contribution is -1.96. The van der Waals surface area contributed by atoms with Gasteiger partial charge in [-0.25, -0.2) is 0 Å². The molecule has 3 rings (SSSR count). The van der Waals surface area contributed by atoms with Crippen molar-refractivity contribution in [2.45, 2.75) is 6.92 Å². The number of nitrogens with zero attached hydrogens (tertiary/aromatic N) is 3.